The van der Waals surface area contributed by atoms with Crippen molar-refractivity contribution in [3.8, 4) is 0 Å². The first-order valence-electron chi connectivity index (χ1n) is 4.99. The van der Waals surface area contributed by atoms with Crippen LogP contribution in [0, 0.1) is 5.82 Å². The predicted molar refractivity (Wildman–Crippen MR) is 68.7 cm³/mol. The zero-order valence-corrected chi connectivity index (χ0v) is 11.3. The number of furan rings is 1. The fourth-order valence-corrected chi connectivity index (χ4v) is 2.29. The van der Waals surface area contributed by atoms with Crippen molar-refractivity contribution in [3.05, 3.63) is 57.2 Å². The van der Waals surface area contributed by atoms with Gasteiger partial charge in [-0.05, 0) is 35.1 Å². The van der Waals surface area contributed by atoms with E-state index in [1.165, 1.54) is 6.07 Å². The molecule has 2 nitrogen and oxygen atoms in total. The van der Waals surface area contributed by atoms with E-state index < -0.39 is 5.82 Å². The molecule has 2 aromatic rings. The highest BCUT2D eigenvalue weighted by molar-refractivity contribution is 9.10. The van der Waals surface area contributed by atoms with Crippen LogP contribution < -0.4 is 5.32 Å². The molecule has 0 aliphatic heterocycles. The summed E-state index contributed by atoms with van der Waals surface area (Å²) in [5, 5.41) is 3.11. The van der Waals surface area contributed by atoms with Crippen LogP contribution in [0.25, 0.3) is 0 Å². The third-order valence-corrected chi connectivity index (χ3v) is 3.44. The van der Waals surface area contributed by atoms with E-state index in [2.05, 4.69) is 21.2 Å². The molecular formula is C12H10BrClFNO. The second-order valence-corrected chi connectivity index (χ2v) is 4.76. The van der Waals surface area contributed by atoms with Gasteiger partial charge >= 0.3 is 0 Å². The quantitative estimate of drug-likeness (QED) is 0.920. The summed E-state index contributed by atoms with van der Waals surface area (Å²) in [7, 11) is 1.74. The van der Waals surface area contributed by atoms with Gasteiger partial charge in [0.25, 0.3) is 0 Å². The highest BCUT2D eigenvalue weighted by Gasteiger charge is 2.22. The normalized spacial score (nSPS) is 12.7. The molecule has 5 heteroatoms. The van der Waals surface area contributed by atoms with E-state index in [1.54, 1.807) is 31.5 Å². The molecule has 2 rings (SSSR count). The molecule has 0 radical (unpaired) electrons. The molecule has 1 aromatic heterocycles. The molecule has 0 saturated heterocycles. The smallest absolute Gasteiger partial charge is 0.147 e. The summed E-state index contributed by atoms with van der Waals surface area (Å²) in [5.74, 6) is 0.186. The van der Waals surface area contributed by atoms with Crippen molar-refractivity contribution in [2.45, 2.75) is 6.04 Å². The van der Waals surface area contributed by atoms with E-state index in [0.717, 1.165) is 4.47 Å². The largest absolute Gasteiger partial charge is 0.466 e. The van der Waals surface area contributed by atoms with Crippen molar-refractivity contribution >= 4 is 27.5 Å². The lowest BCUT2D eigenvalue weighted by atomic mass is 10.0. The Morgan fingerprint density at radius 2 is 2.18 bits per heavy atom. The van der Waals surface area contributed by atoms with Crippen LogP contribution in [0.3, 0.4) is 0 Å². The van der Waals surface area contributed by atoms with Crippen molar-refractivity contribution in [1.29, 1.82) is 0 Å². The molecule has 1 N–H and O–H groups in total. The maximum atomic E-state index is 13.9. The van der Waals surface area contributed by atoms with Crippen molar-refractivity contribution in [2.75, 3.05) is 7.05 Å². The maximum absolute atomic E-state index is 13.9. The molecule has 1 unspecified atom stereocenters. The molecule has 0 aliphatic carbocycles. The first-order chi connectivity index (χ1) is 8.15. The van der Waals surface area contributed by atoms with E-state index in [1.807, 2.05) is 0 Å². The monoisotopic (exact) mass is 317 g/mol. The minimum Gasteiger partial charge on any atom is -0.466 e. The van der Waals surface area contributed by atoms with Crippen LogP contribution in [0.4, 0.5) is 4.39 Å². The first kappa shape index (κ1) is 12.6. The second-order valence-electron chi connectivity index (χ2n) is 3.50. The lowest BCUT2D eigenvalue weighted by Gasteiger charge is -2.16. The van der Waals surface area contributed by atoms with E-state index >= 15 is 0 Å². The highest BCUT2D eigenvalue weighted by Crippen LogP contribution is 2.32. The van der Waals surface area contributed by atoms with E-state index in [4.69, 9.17) is 16.0 Å². The molecule has 90 valence electrons. The lowest BCUT2D eigenvalue weighted by molar-refractivity contribution is 0.450. The molecular weight excluding hydrogens is 308 g/mol. The van der Waals surface area contributed by atoms with Gasteiger partial charge in [0.05, 0.1) is 21.8 Å². The molecule has 0 spiro atoms. The van der Waals surface area contributed by atoms with Gasteiger partial charge in [-0.25, -0.2) is 4.39 Å². The van der Waals surface area contributed by atoms with Gasteiger partial charge in [0, 0.05) is 5.56 Å². The van der Waals surface area contributed by atoms with Gasteiger partial charge in [0.1, 0.15) is 11.6 Å². The fraction of sp³-hybridized carbons (Fsp3) is 0.167. The minimum atomic E-state index is -0.434. The average molecular weight is 319 g/mol. The van der Waals surface area contributed by atoms with Gasteiger partial charge in [-0.3, -0.25) is 0 Å². The second kappa shape index (κ2) is 5.21. The van der Waals surface area contributed by atoms with Crippen LogP contribution >= 0.6 is 27.5 Å². The first-order valence-corrected chi connectivity index (χ1v) is 6.16. The van der Waals surface area contributed by atoms with Gasteiger partial charge in [0.2, 0.25) is 0 Å². The number of hydrogen-bond donors (Lipinski definition) is 1. The Hall–Kier alpha value is -0.840. The number of halogens is 3. The summed E-state index contributed by atoms with van der Waals surface area (Å²) in [6.45, 7) is 0. The topological polar surface area (TPSA) is 25.2 Å². The Balaban J connectivity index is 2.50. The molecule has 1 heterocycles. The zero-order valence-electron chi connectivity index (χ0n) is 9.01. The molecule has 1 atom stereocenters. The summed E-state index contributed by atoms with van der Waals surface area (Å²) in [5.41, 5.74) is 0.454. The number of hydrogen-bond acceptors (Lipinski definition) is 2. The van der Waals surface area contributed by atoms with Gasteiger partial charge in [0.15, 0.2) is 0 Å². The van der Waals surface area contributed by atoms with Crippen molar-refractivity contribution in [2.24, 2.45) is 0 Å². The number of nitrogens with one attached hydrogen (secondary N) is 1. The van der Waals surface area contributed by atoms with Crippen LogP contribution in [0.15, 0.2) is 39.4 Å². The van der Waals surface area contributed by atoms with Crippen molar-refractivity contribution in [3.63, 3.8) is 0 Å². The summed E-state index contributed by atoms with van der Waals surface area (Å²) in [6, 6.07) is 6.30. The van der Waals surface area contributed by atoms with E-state index in [0.29, 0.717) is 11.3 Å². The highest BCUT2D eigenvalue weighted by atomic mass is 79.9. The standard InChI is InChI=1S/C12H10BrClFNO/c1-16-11(12-8(13)5-6-17-12)7-3-2-4-9(14)10(7)15/h2-6,11,16H,1H3. The van der Waals surface area contributed by atoms with Crippen LogP contribution in [0.2, 0.25) is 5.02 Å². The number of benzene rings is 1. The van der Waals surface area contributed by atoms with Gasteiger partial charge in [-0.15, -0.1) is 0 Å². The summed E-state index contributed by atoms with van der Waals surface area (Å²) >= 11 is 9.13. The lowest BCUT2D eigenvalue weighted by Crippen LogP contribution is -2.18. The van der Waals surface area contributed by atoms with Crippen molar-refractivity contribution in [1.82, 2.24) is 5.32 Å². The Labute approximate surface area is 112 Å². The molecule has 0 amide bonds. The average Bonchev–Trinajstić information content (AvgIpc) is 2.72. The van der Waals surface area contributed by atoms with E-state index in [-0.39, 0.29) is 11.1 Å². The molecule has 0 bridgehead atoms. The maximum Gasteiger partial charge on any atom is 0.147 e. The summed E-state index contributed by atoms with van der Waals surface area (Å²) in [4.78, 5) is 0. The molecule has 17 heavy (non-hydrogen) atoms. The minimum absolute atomic E-state index is 0.102. The number of rotatable bonds is 3. The van der Waals surface area contributed by atoms with Crippen LogP contribution in [-0.2, 0) is 0 Å². The van der Waals surface area contributed by atoms with Crippen LogP contribution in [0.5, 0.6) is 0 Å². The van der Waals surface area contributed by atoms with Crippen molar-refractivity contribution < 1.29 is 8.81 Å². The molecule has 0 saturated carbocycles. The Morgan fingerprint density at radius 3 is 2.76 bits per heavy atom. The van der Waals surface area contributed by atoms with Crippen LogP contribution in [-0.4, -0.2) is 7.05 Å². The zero-order chi connectivity index (χ0) is 12.4. The Kier molecular flexibility index (Phi) is 3.86. The van der Waals surface area contributed by atoms with Crippen LogP contribution in [0.1, 0.15) is 17.4 Å². The third-order valence-electron chi connectivity index (χ3n) is 2.49. The predicted octanol–water partition coefficient (Wildman–Crippen LogP) is 4.14. The van der Waals surface area contributed by atoms with E-state index in [9.17, 15) is 4.39 Å². The fourth-order valence-electron chi connectivity index (χ4n) is 1.68. The Bertz CT molecular complexity index is 529. The summed E-state index contributed by atoms with van der Waals surface area (Å²) < 4.78 is 20.1. The molecule has 0 aliphatic rings. The molecule has 1 aromatic carbocycles. The van der Waals surface area contributed by atoms with Gasteiger partial charge in [-0.2, -0.15) is 0 Å². The SMILES string of the molecule is CNC(c1cccc(Cl)c1F)c1occc1Br. The Morgan fingerprint density at radius 1 is 1.41 bits per heavy atom. The summed E-state index contributed by atoms with van der Waals surface area (Å²) in [6.07, 6.45) is 1.55. The van der Waals surface area contributed by atoms with Gasteiger partial charge in [-0.1, -0.05) is 23.7 Å². The van der Waals surface area contributed by atoms with Gasteiger partial charge < -0.3 is 9.73 Å². The molecule has 0 fully saturated rings. The third kappa shape index (κ3) is 2.39.